The predicted molar refractivity (Wildman–Crippen MR) is 89.7 cm³/mol. The Kier molecular flexibility index (Phi) is 5.41. The molecule has 1 aromatic carbocycles. The number of amides is 2. The number of anilines is 2. The molecule has 2 N–H and O–H groups in total. The van der Waals surface area contributed by atoms with Crippen LogP contribution in [0.25, 0.3) is 0 Å². The molecule has 2 rings (SSSR count). The van der Waals surface area contributed by atoms with Gasteiger partial charge in [-0.25, -0.2) is 0 Å². The standard InChI is InChI=1S/C17H21N3O3/c1-4-20(3)14-8-5-7-13(11-14)19-16(21)12(2)18-17(22)15-9-6-10-23-15/h5-12H,4H2,1-3H3,(H,18,22)(H,19,21). The van der Waals surface area contributed by atoms with Crippen molar-refractivity contribution in [3.63, 3.8) is 0 Å². The number of furan rings is 1. The fraction of sp³-hybridized carbons (Fsp3) is 0.294. The van der Waals surface area contributed by atoms with Crippen LogP contribution in [-0.2, 0) is 4.79 Å². The molecule has 0 spiro atoms. The number of hydrogen-bond acceptors (Lipinski definition) is 4. The summed E-state index contributed by atoms with van der Waals surface area (Å²) >= 11 is 0. The topological polar surface area (TPSA) is 74.6 Å². The van der Waals surface area contributed by atoms with Gasteiger partial charge >= 0.3 is 0 Å². The molecule has 0 bridgehead atoms. The third kappa shape index (κ3) is 4.35. The van der Waals surface area contributed by atoms with E-state index in [1.165, 1.54) is 6.26 Å². The normalized spacial score (nSPS) is 11.6. The molecule has 1 heterocycles. The minimum absolute atomic E-state index is 0.177. The van der Waals surface area contributed by atoms with Crippen molar-refractivity contribution in [2.24, 2.45) is 0 Å². The zero-order chi connectivity index (χ0) is 16.8. The van der Waals surface area contributed by atoms with E-state index in [-0.39, 0.29) is 11.7 Å². The summed E-state index contributed by atoms with van der Waals surface area (Å²) in [4.78, 5) is 26.1. The Morgan fingerprint density at radius 3 is 2.70 bits per heavy atom. The Balaban J connectivity index is 1.97. The summed E-state index contributed by atoms with van der Waals surface area (Å²) in [6, 6.07) is 10.0. The highest BCUT2D eigenvalue weighted by molar-refractivity contribution is 6.00. The molecule has 1 unspecified atom stereocenters. The number of carbonyl (C=O) groups excluding carboxylic acids is 2. The molecule has 0 radical (unpaired) electrons. The van der Waals surface area contributed by atoms with Crippen LogP contribution in [0, 0.1) is 0 Å². The number of nitrogens with zero attached hydrogens (tertiary/aromatic N) is 1. The molecular weight excluding hydrogens is 294 g/mol. The monoisotopic (exact) mass is 315 g/mol. The molecule has 6 nitrogen and oxygen atoms in total. The molecular formula is C17H21N3O3. The van der Waals surface area contributed by atoms with Gasteiger partial charge in [-0.3, -0.25) is 9.59 Å². The Morgan fingerprint density at radius 2 is 2.04 bits per heavy atom. The number of benzene rings is 1. The first-order valence-corrected chi connectivity index (χ1v) is 7.47. The zero-order valence-corrected chi connectivity index (χ0v) is 13.5. The van der Waals surface area contributed by atoms with Crippen LogP contribution in [0.15, 0.2) is 47.1 Å². The smallest absolute Gasteiger partial charge is 0.287 e. The van der Waals surface area contributed by atoms with Crippen LogP contribution < -0.4 is 15.5 Å². The minimum atomic E-state index is -0.680. The molecule has 0 aliphatic rings. The number of carbonyl (C=O) groups is 2. The van der Waals surface area contributed by atoms with Crippen LogP contribution >= 0.6 is 0 Å². The lowest BCUT2D eigenvalue weighted by molar-refractivity contribution is -0.117. The van der Waals surface area contributed by atoms with Crippen LogP contribution in [0.5, 0.6) is 0 Å². The van der Waals surface area contributed by atoms with Gasteiger partial charge in [0.15, 0.2) is 5.76 Å². The van der Waals surface area contributed by atoms with Gasteiger partial charge in [-0.05, 0) is 44.2 Å². The first-order chi connectivity index (χ1) is 11.0. The van der Waals surface area contributed by atoms with Gasteiger partial charge in [-0.15, -0.1) is 0 Å². The van der Waals surface area contributed by atoms with Crippen LogP contribution in [0.4, 0.5) is 11.4 Å². The van der Waals surface area contributed by atoms with Crippen molar-refractivity contribution in [2.45, 2.75) is 19.9 Å². The van der Waals surface area contributed by atoms with Crippen LogP contribution in [0.3, 0.4) is 0 Å². The van der Waals surface area contributed by atoms with Gasteiger partial charge < -0.3 is 20.0 Å². The van der Waals surface area contributed by atoms with E-state index >= 15 is 0 Å². The van der Waals surface area contributed by atoms with Crippen molar-refractivity contribution in [3.8, 4) is 0 Å². The summed E-state index contributed by atoms with van der Waals surface area (Å²) < 4.78 is 5.00. The van der Waals surface area contributed by atoms with Gasteiger partial charge in [0.2, 0.25) is 5.91 Å². The van der Waals surface area contributed by atoms with E-state index in [2.05, 4.69) is 22.5 Å². The van der Waals surface area contributed by atoms with E-state index < -0.39 is 11.9 Å². The molecule has 0 aliphatic heterocycles. The lowest BCUT2D eigenvalue weighted by atomic mass is 10.2. The second kappa shape index (κ2) is 7.49. The van der Waals surface area contributed by atoms with Crippen molar-refractivity contribution in [1.82, 2.24) is 5.32 Å². The predicted octanol–water partition coefficient (Wildman–Crippen LogP) is 2.49. The van der Waals surface area contributed by atoms with Crippen molar-refractivity contribution >= 4 is 23.2 Å². The van der Waals surface area contributed by atoms with Gasteiger partial charge in [-0.1, -0.05) is 6.07 Å². The summed E-state index contributed by atoms with van der Waals surface area (Å²) in [5, 5.41) is 5.40. The first-order valence-electron chi connectivity index (χ1n) is 7.47. The maximum atomic E-state index is 12.2. The van der Waals surface area contributed by atoms with Gasteiger partial charge in [-0.2, -0.15) is 0 Å². The molecule has 0 saturated heterocycles. The largest absolute Gasteiger partial charge is 0.459 e. The van der Waals surface area contributed by atoms with E-state index in [0.717, 1.165) is 12.2 Å². The van der Waals surface area contributed by atoms with E-state index in [1.54, 1.807) is 19.1 Å². The Hall–Kier alpha value is -2.76. The molecule has 23 heavy (non-hydrogen) atoms. The molecule has 2 amide bonds. The summed E-state index contributed by atoms with van der Waals surface area (Å²) in [6.45, 7) is 4.54. The number of nitrogens with one attached hydrogen (secondary N) is 2. The molecule has 2 aromatic rings. The average Bonchev–Trinajstić information content (AvgIpc) is 3.08. The molecule has 0 aliphatic carbocycles. The molecule has 122 valence electrons. The zero-order valence-electron chi connectivity index (χ0n) is 13.5. The summed E-state index contributed by atoms with van der Waals surface area (Å²) in [6.07, 6.45) is 1.41. The van der Waals surface area contributed by atoms with Crippen LogP contribution in [-0.4, -0.2) is 31.4 Å². The van der Waals surface area contributed by atoms with Gasteiger partial charge in [0, 0.05) is 25.0 Å². The third-order valence-electron chi connectivity index (χ3n) is 3.51. The second-order valence-electron chi connectivity index (χ2n) is 5.23. The lowest BCUT2D eigenvalue weighted by Crippen LogP contribution is -2.41. The van der Waals surface area contributed by atoms with Crippen molar-refractivity contribution < 1.29 is 14.0 Å². The van der Waals surface area contributed by atoms with Gasteiger partial charge in [0.25, 0.3) is 5.91 Å². The number of hydrogen-bond donors (Lipinski definition) is 2. The third-order valence-corrected chi connectivity index (χ3v) is 3.51. The average molecular weight is 315 g/mol. The van der Waals surface area contributed by atoms with E-state index in [0.29, 0.717) is 5.69 Å². The Labute approximate surface area is 135 Å². The highest BCUT2D eigenvalue weighted by atomic mass is 16.3. The summed E-state index contributed by atoms with van der Waals surface area (Å²) in [7, 11) is 1.98. The quantitative estimate of drug-likeness (QED) is 0.859. The molecule has 1 aromatic heterocycles. The van der Waals surface area contributed by atoms with Crippen LogP contribution in [0.2, 0.25) is 0 Å². The highest BCUT2D eigenvalue weighted by Crippen LogP contribution is 2.18. The number of rotatable bonds is 6. The van der Waals surface area contributed by atoms with Gasteiger partial charge in [0.1, 0.15) is 6.04 Å². The van der Waals surface area contributed by atoms with Crippen LogP contribution in [0.1, 0.15) is 24.4 Å². The van der Waals surface area contributed by atoms with Crippen molar-refractivity contribution in [3.05, 3.63) is 48.4 Å². The van der Waals surface area contributed by atoms with Crippen molar-refractivity contribution in [1.29, 1.82) is 0 Å². The molecule has 0 saturated carbocycles. The molecule has 0 fully saturated rings. The Bertz CT molecular complexity index is 667. The van der Waals surface area contributed by atoms with Crippen molar-refractivity contribution in [2.75, 3.05) is 23.8 Å². The second-order valence-corrected chi connectivity index (χ2v) is 5.23. The lowest BCUT2D eigenvalue weighted by Gasteiger charge is -2.18. The summed E-state index contributed by atoms with van der Waals surface area (Å²) in [5.41, 5.74) is 1.70. The molecule has 6 heteroatoms. The maximum absolute atomic E-state index is 12.2. The van der Waals surface area contributed by atoms with E-state index in [4.69, 9.17) is 4.42 Å². The maximum Gasteiger partial charge on any atom is 0.287 e. The van der Waals surface area contributed by atoms with E-state index in [9.17, 15) is 9.59 Å². The fourth-order valence-electron chi connectivity index (χ4n) is 2.00. The van der Waals surface area contributed by atoms with Gasteiger partial charge in [0.05, 0.1) is 6.26 Å². The minimum Gasteiger partial charge on any atom is -0.459 e. The highest BCUT2D eigenvalue weighted by Gasteiger charge is 2.18. The summed E-state index contributed by atoms with van der Waals surface area (Å²) in [5.74, 6) is -0.533. The Morgan fingerprint density at radius 1 is 1.26 bits per heavy atom. The first kappa shape index (κ1) is 16.6. The van der Waals surface area contributed by atoms with E-state index in [1.807, 2.05) is 31.3 Å². The SMILES string of the molecule is CCN(C)c1cccc(NC(=O)C(C)NC(=O)c2ccco2)c1. The fourth-order valence-corrected chi connectivity index (χ4v) is 2.00. The molecule has 1 atom stereocenters.